The second kappa shape index (κ2) is 5.95. The minimum Gasteiger partial charge on any atom is -0.476 e. The van der Waals surface area contributed by atoms with E-state index in [1.807, 2.05) is 6.92 Å². The number of anilines is 1. The van der Waals surface area contributed by atoms with Gasteiger partial charge in [0.2, 0.25) is 5.88 Å². The van der Waals surface area contributed by atoms with Crippen LogP contribution in [-0.4, -0.2) is 17.5 Å². The maximum absolute atomic E-state index is 13.0. The van der Waals surface area contributed by atoms with Gasteiger partial charge in [-0.3, -0.25) is 4.79 Å². The van der Waals surface area contributed by atoms with Crippen LogP contribution in [0.3, 0.4) is 0 Å². The molecule has 0 bridgehead atoms. The molecule has 0 aliphatic carbocycles. The van der Waals surface area contributed by atoms with E-state index in [1.54, 1.807) is 18.3 Å². The molecule has 19 heavy (non-hydrogen) atoms. The van der Waals surface area contributed by atoms with Crippen LogP contribution in [0.1, 0.15) is 17.3 Å². The quantitative estimate of drug-likeness (QED) is 0.919. The zero-order valence-corrected chi connectivity index (χ0v) is 10.4. The number of pyridine rings is 1. The van der Waals surface area contributed by atoms with E-state index in [2.05, 4.69) is 10.3 Å². The van der Waals surface area contributed by atoms with E-state index in [1.165, 1.54) is 24.3 Å². The van der Waals surface area contributed by atoms with Crippen molar-refractivity contribution in [3.63, 3.8) is 0 Å². The summed E-state index contributed by atoms with van der Waals surface area (Å²) in [4.78, 5) is 16.0. The molecule has 1 N–H and O–H groups in total. The van der Waals surface area contributed by atoms with Gasteiger partial charge in [0.15, 0.2) is 0 Å². The Bertz CT molecular complexity index is 587. The van der Waals surface area contributed by atoms with Crippen LogP contribution < -0.4 is 10.1 Å². The summed E-state index contributed by atoms with van der Waals surface area (Å²) in [5.41, 5.74) is 0.699. The van der Waals surface area contributed by atoms with Gasteiger partial charge in [-0.05, 0) is 37.3 Å². The summed E-state index contributed by atoms with van der Waals surface area (Å²) >= 11 is 0. The number of benzene rings is 1. The Kier molecular flexibility index (Phi) is 4.07. The number of carbonyl (C=O) groups excluding carboxylic acids is 1. The van der Waals surface area contributed by atoms with Crippen LogP contribution in [-0.2, 0) is 0 Å². The molecule has 0 saturated heterocycles. The fraction of sp³-hybridized carbons (Fsp3) is 0.143. The summed E-state index contributed by atoms with van der Waals surface area (Å²) in [7, 11) is 0. The highest BCUT2D eigenvalue weighted by molar-refractivity contribution is 6.04. The average Bonchev–Trinajstić information content (AvgIpc) is 2.41. The van der Waals surface area contributed by atoms with E-state index in [-0.39, 0.29) is 5.56 Å². The third-order valence-corrected chi connectivity index (χ3v) is 2.39. The lowest BCUT2D eigenvalue weighted by molar-refractivity contribution is 0.102. The van der Waals surface area contributed by atoms with Crippen LogP contribution in [0.2, 0.25) is 0 Å². The van der Waals surface area contributed by atoms with Gasteiger partial charge in [-0.15, -0.1) is 0 Å². The number of halogens is 1. The summed E-state index contributed by atoms with van der Waals surface area (Å²) in [6.45, 7) is 2.27. The Morgan fingerprint density at radius 1 is 1.37 bits per heavy atom. The molecule has 1 aromatic heterocycles. The van der Waals surface area contributed by atoms with Crippen LogP contribution in [0.4, 0.5) is 10.1 Å². The molecule has 1 amide bonds. The molecule has 2 rings (SSSR count). The number of rotatable bonds is 4. The number of nitrogens with one attached hydrogen (secondary N) is 1. The summed E-state index contributed by atoms with van der Waals surface area (Å²) in [5, 5.41) is 2.65. The first-order chi connectivity index (χ1) is 9.20. The van der Waals surface area contributed by atoms with Crippen molar-refractivity contribution in [3.8, 4) is 5.88 Å². The van der Waals surface area contributed by atoms with E-state index >= 15 is 0 Å². The lowest BCUT2D eigenvalue weighted by Crippen LogP contribution is -2.13. The Labute approximate surface area is 110 Å². The highest BCUT2D eigenvalue weighted by Gasteiger charge is 2.10. The Hall–Kier alpha value is -2.43. The molecule has 0 radical (unpaired) electrons. The van der Waals surface area contributed by atoms with Gasteiger partial charge in [0.25, 0.3) is 5.91 Å². The highest BCUT2D eigenvalue weighted by Crippen LogP contribution is 2.21. The third kappa shape index (κ3) is 3.28. The van der Waals surface area contributed by atoms with Crippen LogP contribution in [0, 0.1) is 5.82 Å². The first kappa shape index (κ1) is 13.0. The van der Waals surface area contributed by atoms with Crippen molar-refractivity contribution in [2.75, 3.05) is 11.9 Å². The molecule has 2 aromatic rings. The molecule has 0 fully saturated rings. The van der Waals surface area contributed by atoms with Gasteiger partial charge in [0.1, 0.15) is 11.5 Å². The monoisotopic (exact) mass is 260 g/mol. The lowest BCUT2D eigenvalue weighted by Gasteiger charge is -2.09. The fourth-order valence-corrected chi connectivity index (χ4v) is 1.56. The van der Waals surface area contributed by atoms with Crippen molar-refractivity contribution >= 4 is 11.6 Å². The first-order valence-corrected chi connectivity index (χ1v) is 5.85. The predicted octanol–water partition coefficient (Wildman–Crippen LogP) is 2.87. The van der Waals surface area contributed by atoms with Crippen molar-refractivity contribution in [1.29, 1.82) is 0 Å². The molecule has 0 saturated carbocycles. The molecule has 0 unspecified atom stereocenters. The normalized spacial score (nSPS) is 10.0. The second-order valence-corrected chi connectivity index (χ2v) is 3.75. The molecule has 1 aromatic carbocycles. The summed E-state index contributed by atoms with van der Waals surface area (Å²) in [5.74, 6) is -0.521. The van der Waals surface area contributed by atoms with Crippen LogP contribution >= 0.6 is 0 Å². The Morgan fingerprint density at radius 3 is 2.95 bits per heavy atom. The summed E-state index contributed by atoms with van der Waals surface area (Å²) < 4.78 is 18.3. The molecule has 0 spiro atoms. The maximum Gasteiger partial charge on any atom is 0.255 e. The molecule has 5 heteroatoms. The van der Waals surface area contributed by atoms with Gasteiger partial charge >= 0.3 is 0 Å². The van der Waals surface area contributed by atoms with Crippen molar-refractivity contribution < 1.29 is 13.9 Å². The number of hydrogen-bond acceptors (Lipinski definition) is 3. The average molecular weight is 260 g/mol. The Balaban J connectivity index is 2.19. The number of hydrogen-bond donors (Lipinski definition) is 1. The van der Waals surface area contributed by atoms with Gasteiger partial charge in [-0.25, -0.2) is 9.37 Å². The number of amides is 1. The van der Waals surface area contributed by atoms with E-state index in [0.29, 0.717) is 18.2 Å². The van der Waals surface area contributed by atoms with Crippen LogP contribution in [0.25, 0.3) is 0 Å². The SMILES string of the molecule is CCOc1ncccc1NC(=O)c1cccc(F)c1. The summed E-state index contributed by atoms with van der Waals surface area (Å²) in [6, 6.07) is 8.84. The summed E-state index contributed by atoms with van der Waals surface area (Å²) in [6.07, 6.45) is 1.57. The van der Waals surface area contributed by atoms with Gasteiger partial charge in [-0.1, -0.05) is 6.07 Å². The van der Waals surface area contributed by atoms with Gasteiger partial charge < -0.3 is 10.1 Å². The van der Waals surface area contributed by atoms with Crippen molar-refractivity contribution in [3.05, 3.63) is 54.0 Å². The van der Waals surface area contributed by atoms with E-state index in [9.17, 15) is 9.18 Å². The Morgan fingerprint density at radius 2 is 2.21 bits per heavy atom. The molecular formula is C14H13FN2O2. The second-order valence-electron chi connectivity index (χ2n) is 3.75. The van der Waals surface area contributed by atoms with Crippen molar-refractivity contribution in [1.82, 2.24) is 4.98 Å². The van der Waals surface area contributed by atoms with E-state index in [0.717, 1.165) is 0 Å². The first-order valence-electron chi connectivity index (χ1n) is 5.85. The third-order valence-electron chi connectivity index (χ3n) is 2.39. The molecule has 4 nitrogen and oxygen atoms in total. The zero-order chi connectivity index (χ0) is 13.7. The lowest BCUT2D eigenvalue weighted by atomic mass is 10.2. The highest BCUT2D eigenvalue weighted by atomic mass is 19.1. The largest absolute Gasteiger partial charge is 0.476 e. The molecule has 0 aliphatic heterocycles. The minimum atomic E-state index is -0.455. The van der Waals surface area contributed by atoms with E-state index < -0.39 is 11.7 Å². The maximum atomic E-state index is 13.0. The minimum absolute atomic E-state index is 0.242. The fourth-order valence-electron chi connectivity index (χ4n) is 1.56. The number of ether oxygens (including phenoxy) is 1. The van der Waals surface area contributed by atoms with Gasteiger partial charge in [-0.2, -0.15) is 0 Å². The molecule has 0 aliphatic rings. The number of carbonyl (C=O) groups is 1. The number of nitrogens with zero attached hydrogens (tertiary/aromatic N) is 1. The van der Waals surface area contributed by atoms with Gasteiger partial charge in [0.05, 0.1) is 6.61 Å². The molecule has 98 valence electrons. The van der Waals surface area contributed by atoms with Crippen LogP contribution in [0.5, 0.6) is 5.88 Å². The molecule has 0 atom stereocenters. The number of aromatic nitrogens is 1. The van der Waals surface area contributed by atoms with E-state index in [4.69, 9.17) is 4.74 Å². The van der Waals surface area contributed by atoms with Crippen molar-refractivity contribution in [2.24, 2.45) is 0 Å². The molecule has 1 heterocycles. The molecular weight excluding hydrogens is 247 g/mol. The van der Waals surface area contributed by atoms with Gasteiger partial charge in [0, 0.05) is 11.8 Å². The van der Waals surface area contributed by atoms with Crippen molar-refractivity contribution in [2.45, 2.75) is 6.92 Å². The predicted molar refractivity (Wildman–Crippen MR) is 69.8 cm³/mol. The zero-order valence-electron chi connectivity index (χ0n) is 10.4. The standard InChI is InChI=1S/C14H13FN2O2/c1-2-19-14-12(7-4-8-16-14)17-13(18)10-5-3-6-11(15)9-10/h3-9H,2H2,1H3,(H,17,18). The smallest absolute Gasteiger partial charge is 0.255 e. The van der Waals surface area contributed by atoms with Crippen LogP contribution in [0.15, 0.2) is 42.6 Å². The topological polar surface area (TPSA) is 51.2 Å².